The van der Waals surface area contributed by atoms with Crippen molar-refractivity contribution in [3.8, 4) is 0 Å². The van der Waals surface area contributed by atoms with Crippen LogP contribution in [0.5, 0.6) is 0 Å². The van der Waals surface area contributed by atoms with Crippen LogP contribution in [0.1, 0.15) is 226 Å². The molecule has 0 aliphatic rings. The normalized spacial score (nSPS) is 12.8. The van der Waals surface area contributed by atoms with Crippen LogP contribution in [0.2, 0.25) is 0 Å². The molecule has 0 amide bonds. The average molecular weight is 809 g/mol. The highest BCUT2D eigenvalue weighted by molar-refractivity contribution is 5.70. The predicted molar refractivity (Wildman–Crippen MR) is 251 cm³/mol. The Balaban J connectivity index is 4.36. The van der Waals surface area contributed by atoms with Crippen LogP contribution >= 0.6 is 0 Å². The van der Waals surface area contributed by atoms with E-state index < -0.39 is 6.10 Å². The molecule has 0 bridgehead atoms. The highest BCUT2D eigenvalue weighted by Crippen LogP contribution is 2.14. The van der Waals surface area contributed by atoms with Gasteiger partial charge in [0.05, 0.1) is 6.61 Å². The second-order valence-electron chi connectivity index (χ2n) is 16.0. The van der Waals surface area contributed by atoms with Crippen LogP contribution in [0.15, 0.2) is 72.9 Å². The smallest absolute Gasteiger partial charge is 0.306 e. The van der Waals surface area contributed by atoms with E-state index in [9.17, 15) is 9.59 Å². The molecule has 0 radical (unpaired) electrons. The van der Waals surface area contributed by atoms with Gasteiger partial charge in [-0.2, -0.15) is 0 Å². The summed E-state index contributed by atoms with van der Waals surface area (Å²) in [5.41, 5.74) is 0. The Kier molecular flexibility index (Phi) is 46.5. The largest absolute Gasteiger partial charge is 0.462 e. The Labute approximate surface area is 359 Å². The minimum absolute atomic E-state index is 0.0559. The molecule has 5 heteroatoms. The molecule has 0 heterocycles. The van der Waals surface area contributed by atoms with Crippen LogP contribution in [-0.2, 0) is 23.8 Å². The lowest BCUT2D eigenvalue weighted by Crippen LogP contribution is -2.30. The van der Waals surface area contributed by atoms with Gasteiger partial charge in [0.2, 0.25) is 0 Å². The zero-order valence-electron chi connectivity index (χ0n) is 38.3. The number of allylic oxidation sites excluding steroid dienone is 12. The molecule has 334 valence electrons. The van der Waals surface area contributed by atoms with E-state index in [0.717, 1.165) is 83.5 Å². The van der Waals surface area contributed by atoms with Gasteiger partial charge in [-0.25, -0.2) is 0 Å². The summed E-state index contributed by atoms with van der Waals surface area (Å²) in [5.74, 6) is -0.441. The van der Waals surface area contributed by atoms with Crippen molar-refractivity contribution in [2.75, 3.05) is 19.8 Å². The molecular formula is C53H92O5. The highest BCUT2D eigenvalue weighted by Gasteiger charge is 2.17. The summed E-state index contributed by atoms with van der Waals surface area (Å²) >= 11 is 0. The first-order valence-corrected chi connectivity index (χ1v) is 24.5. The van der Waals surface area contributed by atoms with E-state index >= 15 is 0 Å². The van der Waals surface area contributed by atoms with Crippen molar-refractivity contribution in [3.05, 3.63) is 72.9 Å². The van der Waals surface area contributed by atoms with Crippen molar-refractivity contribution >= 4 is 11.9 Å². The third-order valence-electron chi connectivity index (χ3n) is 10.2. The number of hydrogen-bond acceptors (Lipinski definition) is 5. The van der Waals surface area contributed by atoms with Gasteiger partial charge in [-0.3, -0.25) is 9.59 Å². The molecule has 0 aromatic rings. The fourth-order valence-electron chi connectivity index (χ4n) is 6.60. The molecule has 0 aliphatic carbocycles. The van der Waals surface area contributed by atoms with Gasteiger partial charge in [0.25, 0.3) is 0 Å². The van der Waals surface area contributed by atoms with E-state index in [0.29, 0.717) is 19.4 Å². The Morgan fingerprint density at radius 3 is 1.28 bits per heavy atom. The topological polar surface area (TPSA) is 61.8 Å². The summed E-state index contributed by atoms with van der Waals surface area (Å²) in [6.07, 6.45) is 62.0. The Morgan fingerprint density at radius 2 is 0.776 bits per heavy atom. The van der Waals surface area contributed by atoms with Crippen LogP contribution in [0.25, 0.3) is 0 Å². The van der Waals surface area contributed by atoms with Gasteiger partial charge in [0, 0.05) is 19.4 Å². The van der Waals surface area contributed by atoms with Crippen LogP contribution in [0.3, 0.4) is 0 Å². The molecular weight excluding hydrogens is 717 g/mol. The number of esters is 2. The summed E-state index contributed by atoms with van der Waals surface area (Å²) in [6.45, 7) is 7.54. The zero-order valence-corrected chi connectivity index (χ0v) is 38.3. The third kappa shape index (κ3) is 46.0. The molecule has 0 aromatic carbocycles. The maximum Gasteiger partial charge on any atom is 0.306 e. The molecule has 1 unspecified atom stereocenters. The fraction of sp³-hybridized carbons (Fsp3) is 0.736. The number of ether oxygens (including phenoxy) is 3. The summed E-state index contributed by atoms with van der Waals surface area (Å²) in [6, 6.07) is 0. The van der Waals surface area contributed by atoms with Crippen molar-refractivity contribution in [1.29, 1.82) is 0 Å². The van der Waals surface area contributed by atoms with Crippen molar-refractivity contribution in [2.24, 2.45) is 0 Å². The van der Waals surface area contributed by atoms with Crippen LogP contribution in [0, 0.1) is 0 Å². The SMILES string of the molecule is CC/C=C\C/C=C\C/C=C\C/C=C\CCCOCC(COC(=O)CCCCCCC/C=C\C/C=C\CCCCC)OC(=O)CCCCCCCCCCCCCCC. The maximum absolute atomic E-state index is 12.8. The van der Waals surface area contributed by atoms with Crippen LogP contribution in [0.4, 0.5) is 0 Å². The molecule has 0 rings (SSSR count). The monoisotopic (exact) mass is 809 g/mol. The van der Waals surface area contributed by atoms with Gasteiger partial charge in [-0.1, -0.05) is 203 Å². The summed E-state index contributed by atoms with van der Waals surface area (Å²) in [5, 5.41) is 0. The standard InChI is InChI=1S/C53H92O5/c1-4-7-10-13-16-19-22-25-27-29-31-34-37-40-43-46-52(54)57-50-51(49-56-48-45-42-39-36-33-30-26-23-20-17-14-11-8-5-2)58-53(55)47-44-41-38-35-32-28-24-21-18-15-12-9-6-3/h8,11,16-17,19-20,25-27,30,36,39,51H,4-7,9-10,12-15,18,21-24,28-29,31-35,37-38,40-50H2,1-3H3/b11-8-,19-16-,20-17-,27-25-,30-26-,39-36-. The molecule has 0 saturated carbocycles. The summed E-state index contributed by atoms with van der Waals surface area (Å²) in [7, 11) is 0. The van der Waals surface area contributed by atoms with Crippen molar-refractivity contribution in [3.63, 3.8) is 0 Å². The molecule has 58 heavy (non-hydrogen) atoms. The first kappa shape index (κ1) is 55.3. The van der Waals surface area contributed by atoms with Gasteiger partial charge >= 0.3 is 11.9 Å². The molecule has 0 spiro atoms. The van der Waals surface area contributed by atoms with Gasteiger partial charge in [0.15, 0.2) is 6.10 Å². The maximum atomic E-state index is 12.8. The molecule has 1 atom stereocenters. The van der Waals surface area contributed by atoms with E-state index in [1.54, 1.807) is 0 Å². The molecule has 0 saturated heterocycles. The Hall–Kier alpha value is -2.66. The third-order valence-corrected chi connectivity index (χ3v) is 10.2. The number of rotatable bonds is 44. The van der Waals surface area contributed by atoms with Crippen molar-refractivity contribution in [1.82, 2.24) is 0 Å². The van der Waals surface area contributed by atoms with E-state index in [-0.39, 0.29) is 25.2 Å². The fourth-order valence-corrected chi connectivity index (χ4v) is 6.60. The molecule has 0 fully saturated rings. The lowest BCUT2D eigenvalue weighted by Gasteiger charge is -2.18. The second kappa shape index (κ2) is 48.7. The average Bonchev–Trinajstić information content (AvgIpc) is 3.22. The number of carbonyl (C=O) groups is 2. The summed E-state index contributed by atoms with van der Waals surface area (Å²) in [4.78, 5) is 25.3. The number of hydrogen-bond donors (Lipinski definition) is 0. The van der Waals surface area contributed by atoms with E-state index in [1.807, 2.05) is 0 Å². The van der Waals surface area contributed by atoms with Crippen molar-refractivity contribution < 1.29 is 23.8 Å². The first-order chi connectivity index (χ1) is 28.6. The van der Waals surface area contributed by atoms with Crippen molar-refractivity contribution in [2.45, 2.75) is 232 Å². The zero-order chi connectivity index (χ0) is 42.1. The van der Waals surface area contributed by atoms with Gasteiger partial charge < -0.3 is 14.2 Å². The minimum atomic E-state index is -0.569. The summed E-state index contributed by atoms with van der Waals surface area (Å²) < 4.78 is 17.3. The molecule has 0 N–H and O–H groups in total. The minimum Gasteiger partial charge on any atom is -0.462 e. The first-order valence-electron chi connectivity index (χ1n) is 24.5. The molecule has 0 aromatic heterocycles. The van der Waals surface area contributed by atoms with Gasteiger partial charge in [0.1, 0.15) is 6.61 Å². The lowest BCUT2D eigenvalue weighted by molar-refractivity contribution is -0.163. The number of carbonyl (C=O) groups excluding carboxylic acids is 2. The number of unbranched alkanes of at least 4 members (excludes halogenated alkanes) is 21. The second-order valence-corrected chi connectivity index (χ2v) is 16.0. The molecule has 5 nitrogen and oxygen atoms in total. The van der Waals surface area contributed by atoms with Crippen LogP contribution < -0.4 is 0 Å². The van der Waals surface area contributed by atoms with Gasteiger partial charge in [-0.05, 0) is 83.5 Å². The van der Waals surface area contributed by atoms with E-state index in [2.05, 4.69) is 93.7 Å². The molecule has 0 aliphatic heterocycles. The van der Waals surface area contributed by atoms with E-state index in [4.69, 9.17) is 14.2 Å². The predicted octanol–water partition coefficient (Wildman–Crippen LogP) is 16.3. The van der Waals surface area contributed by atoms with E-state index in [1.165, 1.54) is 109 Å². The Bertz CT molecular complexity index is 1050. The lowest BCUT2D eigenvalue weighted by atomic mass is 10.0. The quantitative estimate of drug-likeness (QED) is 0.0348. The van der Waals surface area contributed by atoms with Gasteiger partial charge in [-0.15, -0.1) is 0 Å². The Morgan fingerprint density at radius 1 is 0.397 bits per heavy atom. The van der Waals surface area contributed by atoms with Crippen LogP contribution in [-0.4, -0.2) is 37.9 Å². The highest BCUT2D eigenvalue weighted by atomic mass is 16.6.